The van der Waals surface area contributed by atoms with Gasteiger partial charge < -0.3 is 9.80 Å². The molecule has 0 unspecified atom stereocenters. The van der Waals surface area contributed by atoms with Gasteiger partial charge in [0.1, 0.15) is 11.4 Å². The number of rotatable bonds is 5. The summed E-state index contributed by atoms with van der Waals surface area (Å²) in [5, 5.41) is 0.899. The predicted octanol–water partition coefficient (Wildman–Crippen LogP) is 3.07. The van der Waals surface area contributed by atoms with E-state index in [1.165, 1.54) is 16.4 Å². The number of amides is 3. The minimum Gasteiger partial charge on any atom is -0.347 e. The molecule has 1 aromatic heterocycles. The van der Waals surface area contributed by atoms with Crippen LogP contribution in [0.15, 0.2) is 11.6 Å². The molecule has 0 atom stereocenters. The first-order chi connectivity index (χ1) is 12.7. The van der Waals surface area contributed by atoms with E-state index in [1.807, 2.05) is 31.7 Å². The van der Waals surface area contributed by atoms with Crippen LogP contribution >= 0.6 is 11.5 Å². The largest absolute Gasteiger partial charge is 0.347 e. The van der Waals surface area contributed by atoms with Crippen molar-refractivity contribution in [3.8, 4) is 0 Å². The van der Waals surface area contributed by atoms with Gasteiger partial charge in [-0.2, -0.15) is 4.37 Å². The maximum atomic E-state index is 13.3. The molecular formula is C19H29N5O2S. The summed E-state index contributed by atoms with van der Waals surface area (Å²) in [5.41, 5.74) is 0.390. The number of piperidine rings is 1. The number of aromatic nitrogens is 2. The van der Waals surface area contributed by atoms with Crippen molar-refractivity contribution < 1.29 is 9.59 Å². The van der Waals surface area contributed by atoms with Crippen molar-refractivity contribution in [2.24, 2.45) is 5.92 Å². The zero-order valence-electron chi connectivity index (χ0n) is 16.9. The fourth-order valence-corrected chi connectivity index (χ4v) is 4.53. The number of allylic oxidation sites excluding steroid dienone is 1. The van der Waals surface area contributed by atoms with Crippen molar-refractivity contribution >= 4 is 28.6 Å². The van der Waals surface area contributed by atoms with Crippen molar-refractivity contribution in [3.05, 3.63) is 17.5 Å². The summed E-state index contributed by atoms with van der Waals surface area (Å²) in [6.07, 6.45) is 3.21. The Bertz CT molecular complexity index is 745. The number of carbonyl (C=O) groups is 2. The Hall–Kier alpha value is -1.96. The van der Waals surface area contributed by atoms with Crippen molar-refractivity contribution in [1.29, 1.82) is 0 Å². The molecule has 0 aromatic carbocycles. The fraction of sp³-hybridized carbons (Fsp3) is 0.684. The molecule has 3 rings (SSSR count). The van der Waals surface area contributed by atoms with Crippen LogP contribution in [0, 0.1) is 12.8 Å². The lowest BCUT2D eigenvalue weighted by Gasteiger charge is -2.42. The average Bonchev–Trinajstić information content (AvgIpc) is 3.11. The van der Waals surface area contributed by atoms with Gasteiger partial charge in [-0.25, -0.2) is 9.78 Å². The molecule has 27 heavy (non-hydrogen) atoms. The molecular weight excluding hydrogens is 362 g/mol. The zero-order chi connectivity index (χ0) is 19.8. The molecule has 2 aliphatic heterocycles. The highest BCUT2D eigenvalue weighted by atomic mass is 32.1. The Balaban J connectivity index is 1.83. The second-order valence-electron chi connectivity index (χ2n) is 8.13. The maximum absolute atomic E-state index is 13.3. The molecule has 3 heterocycles. The highest BCUT2D eigenvalue weighted by Gasteiger charge is 2.57. The zero-order valence-corrected chi connectivity index (χ0v) is 17.7. The number of carbonyl (C=O) groups excluding carboxylic acids is 2. The summed E-state index contributed by atoms with van der Waals surface area (Å²) in [6.45, 7) is 12.4. The van der Waals surface area contributed by atoms with Crippen LogP contribution in [0.5, 0.6) is 0 Å². The molecule has 3 amide bonds. The SMILES string of the molecule is CC(C)=CCN1C(=O)N(CC(C)C)C2(CCN(c3nc(C)ns3)CC2)C1=O. The minimum absolute atomic E-state index is 0.0428. The quantitative estimate of drug-likeness (QED) is 0.570. The molecule has 8 heteroatoms. The van der Waals surface area contributed by atoms with Gasteiger partial charge in [0.05, 0.1) is 0 Å². The van der Waals surface area contributed by atoms with Gasteiger partial charge in [0.15, 0.2) is 0 Å². The molecule has 0 N–H and O–H groups in total. The van der Waals surface area contributed by atoms with E-state index >= 15 is 0 Å². The van der Waals surface area contributed by atoms with Gasteiger partial charge in [0.2, 0.25) is 5.13 Å². The second kappa shape index (κ2) is 7.58. The summed E-state index contributed by atoms with van der Waals surface area (Å²) in [5.74, 6) is 1.04. The summed E-state index contributed by atoms with van der Waals surface area (Å²) in [7, 11) is 0. The van der Waals surface area contributed by atoms with E-state index in [2.05, 4.69) is 28.1 Å². The van der Waals surface area contributed by atoms with Gasteiger partial charge in [-0.15, -0.1) is 0 Å². The number of hydrogen-bond donors (Lipinski definition) is 0. The van der Waals surface area contributed by atoms with E-state index in [0.717, 1.165) is 16.5 Å². The van der Waals surface area contributed by atoms with Crippen molar-refractivity contribution in [3.63, 3.8) is 0 Å². The van der Waals surface area contributed by atoms with Crippen LogP contribution in [0.1, 0.15) is 46.4 Å². The number of imide groups is 1. The second-order valence-corrected chi connectivity index (χ2v) is 8.86. The smallest absolute Gasteiger partial charge is 0.327 e. The van der Waals surface area contributed by atoms with Gasteiger partial charge in [-0.05, 0) is 39.5 Å². The maximum Gasteiger partial charge on any atom is 0.327 e. The molecule has 2 fully saturated rings. The molecule has 2 saturated heterocycles. The monoisotopic (exact) mass is 391 g/mol. The normalized spacial score (nSPS) is 19.6. The Morgan fingerprint density at radius 3 is 2.44 bits per heavy atom. The van der Waals surface area contributed by atoms with Crippen molar-refractivity contribution in [1.82, 2.24) is 19.2 Å². The first-order valence-corrected chi connectivity index (χ1v) is 10.3. The highest BCUT2D eigenvalue weighted by Crippen LogP contribution is 2.39. The van der Waals surface area contributed by atoms with Gasteiger partial charge in [0.25, 0.3) is 5.91 Å². The van der Waals surface area contributed by atoms with E-state index in [-0.39, 0.29) is 11.9 Å². The molecule has 0 aliphatic carbocycles. The highest BCUT2D eigenvalue weighted by molar-refractivity contribution is 7.09. The van der Waals surface area contributed by atoms with Crippen LogP contribution in [-0.4, -0.2) is 62.8 Å². The van der Waals surface area contributed by atoms with Crippen LogP contribution in [0.3, 0.4) is 0 Å². The van der Waals surface area contributed by atoms with Gasteiger partial charge in [-0.3, -0.25) is 9.69 Å². The molecule has 148 valence electrons. The van der Waals surface area contributed by atoms with Gasteiger partial charge in [0, 0.05) is 37.7 Å². The lowest BCUT2D eigenvalue weighted by molar-refractivity contribution is -0.134. The topological polar surface area (TPSA) is 69.6 Å². The molecule has 0 radical (unpaired) electrons. The third-order valence-corrected chi connectivity index (χ3v) is 6.10. The van der Waals surface area contributed by atoms with Crippen LogP contribution < -0.4 is 4.90 Å². The standard InChI is InChI=1S/C19H29N5O2S/c1-13(2)6-9-23-16(25)19(24(18(23)26)12-14(3)4)7-10-22(11-8-19)17-20-15(5)21-27-17/h6,14H,7-12H2,1-5H3. The minimum atomic E-state index is -0.715. The Labute approximate surface area is 165 Å². The molecule has 7 nitrogen and oxygen atoms in total. The number of nitrogens with zero attached hydrogens (tertiary/aromatic N) is 5. The van der Waals surface area contributed by atoms with Crippen molar-refractivity contribution in [2.75, 3.05) is 31.1 Å². The fourth-order valence-electron chi connectivity index (χ4n) is 3.80. The molecule has 0 saturated carbocycles. The summed E-state index contributed by atoms with van der Waals surface area (Å²) < 4.78 is 4.26. The molecule has 2 aliphatic rings. The molecule has 1 spiro atoms. The Kier molecular flexibility index (Phi) is 5.55. The van der Waals surface area contributed by atoms with Crippen LogP contribution in [0.2, 0.25) is 0 Å². The third-order valence-electron chi connectivity index (χ3n) is 5.23. The summed E-state index contributed by atoms with van der Waals surface area (Å²) in [6, 6.07) is -0.147. The summed E-state index contributed by atoms with van der Waals surface area (Å²) >= 11 is 1.39. The van der Waals surface area contributed by atoms with Crippen LogP contribution in [0.25, 0.3) is 0 Å². The lowest BCUT2D eigenvalue weighted by Crippen LogP contribution is -2.57. The van der Waals surface area contributed by atoms with Crippen molar-refractivity contribution in [2.45, 2.75) is 53.0 Å². The van der Waals surface area contributed by atoms with Crippen LogP contribution in [-0.2, 0) is 4.79 Å². The number of anilines is 1. The van der Waals surface area contributed by atoms with Gasteiger partial charge in [-0.1, -0.05) is 25.5 Å². The van der Waals surface area contributed by atoms with Gasteiger partial charge >= 0.3 is 6.03 Å². The van der Waals surface area contributed by atoms with E-state index < -0.39 is 5.54 Å². The number of aryl methyl sites for hydroxylation is 1. The summed E-state index contributed by atoms with van der Waals surface area (Å²) in [4.78, 5) is 36.3. The predicted molar refractivity (Wildman–Crippen MR) is 107 cm³/mol. The van der Waals surface area contributed by atoms with E-state index in [4.69, 9.17) is 0 Å². The molecule has 0 bridgehead atoms. The van der Waals surface area contributed by atoms with E-state index in [1.54, 1.807) is 0 Å². The Morgan fingerprint density at radius 2 is 1.93 bits per heavy atom. The van der Waals surface area contributed by atoms with E-state index in [9.17, 15) is 9.59 Å². The molecule has 1 aromatic rings. The first-order valence-electron chi connectivity index (χ1n) is 9.57. The lowest BCUT2D eigenvalue weighted by atomic mass is 9.85. The van der Waals surface area contributed by atoms with E-state index in [0.29, 0.717) is 44.9 Å². The number of urea groups is 1. The van der Waals surface area contributed by atoms with Crippen LogP contribution in [0.4, 0.5) is 9.93 Å². The number of hydrogen-bond acceptors (Lipinski definition) is 6. The Morgan fingerprint density at radius 1 is 1.26 bits per heavy atom. The average molecular weight is 392 g/mol. The third kappa shape index (κ3) is 3.72. The first kappa shape index (κ1) is 19.8.